The average Bonchev–Trinajstić information content (AvgIpc) is 2.03. The largest absolute Gasteiger partial charge is 0.180 e. The maximum Gasteiger partial charge on any atom is 0.180 e. The summed E-state index contributed by atoms with van der Waals surface area (Å²) in [5.41, 5.74) is 0. The smallest absolute Gasteiger partial charge is 0.162 e. The second-order valence-electron chi connectivity index (χ2n) is 3.20. The number of benzene rings is 1. The van der Waals surface area contributed by atoms with E-state index in [-0.39, 0.29) is 0 Å². The molecule has 0 fully saturated rings. The van der Waals surface area contributed by atoms with Gasteiger partial charge in [0.15, 0.2) is 7.38 Å². The zero-order valence-electron chi connectivity index (χ0n) is 7.60. The van der Waals surface area contributed by atoms with Gasteiger partial charge in [-0.3, -0.25) is 0 Å². The van der Waals surface area contributed by atoms with Gasteiger partial charge in [0.2, 0.25) is 0 Å². The highest BCUT2D eigenvalue weighted by Gasteiger charge is 2.19. The van der Waals surface area contributed by atoms with Crippen LogP contribution in [0.15, 0.2) is 29.2 Å². The highest BCUT2D eigenvalue weighted by atomic mass is 35.6. The zero-order chi connectivity index (χ0) is 9.19. The fourth-order valence-electron chi connectivity index (χ4n) is 0.987. The van der Waals surface area contributed by atoms with Crippen LogP contribution in [0.2, 0.25) is 13.1 Å². The van der Waals surface area contributed by atoms with Gasteiger partial charge < -0.3 is 0 Å². The SMILES string of the molecule is CSc1ccc([Si](C)(C)Cl)cc1. The molecule has 0 aliphatic rings. The van der Waals surface area contributed by atoms with Crippen LogP contribution in [-0.4, -0.2) is 13.6 Å². The summed E-state index contributed by atoms with van der Waals surface area (Å²) in [6.45, 7) is 4.28. The second kappa shape index (κ2) is 3.86. The first-order valence-electron chi connectivity index (χ1n) is 3.87. The van der Waals surface area contributed by atoms with E-state index in [0.717, 1.165) is 0 Å². The Morgan fingerprint density at radius 2 is 1.67 bits per heavy atom. The molecule has 12 heavy (non-hydrogen) atoms. The van der Waals surface area contributed by atoms with E-state index >= 15 is 0 Å². The first kappa shape index (κ1) is 10.2. The molecule has 0 bridgehead atoms. The molecule has 1 aromatic carbocycles. The maximum absolute atomic E-state index is 6.29. The first-order chi connectivity index (χ1) is 5.54. The summed E-state index contributed by atoms with van der Waals surface area (Å²) < 4.78 is 0. The standard InChI is InChI=1S/C9H13ClSSi/c1-11-8-4-6-9(7-5-8)12(2,3)10/h4-7H,1-3H3. The van der Waals surface area contributed by atoms with Crippen molar-refractivity contribution in [1.82, 2.24) is 0 Å². The van der Waals surface area contributed by atoms with Gasteiger partial charge in [-0.05, 0) is 23.6 Å². The fraction of sp³-hybridized carbons (Fsp3) is 0.333. The molecule has 0 N–H and O–H groups in total. The summed E-state index contributed by atoms with van der Waals surface area (Å²) in [6.07, 6.45) is 2.08. The van der Waals surface area contributed by atoms with Gasteiger partial charge in [-0.2, -0.15) is 11.1 Å². The summed E-state index contributed by atoms with van der Waals surface area (Å²) in [4.78, 5) is 1.30. The van der Waals surface area contributed by atoms with E-state index in [9.17, 15) is 0 Å². The van der Waals surface area contributed by atoms with Gasteiger partial charge >= 0.3 is 0 Å². The van der Waals surface area contributed by atoms with Gasteiger partial charge in [0.25, 0.3) is 0 Å². The van der Waals surface area contributed by atoms with Crippen LogP contribution in [-0.2, 0) is 0 Å². The molecule has 0 aromatic heterocycles. The molecule has 0 atom stereocenters. The molecule has 0 aliphatic carbocycles. The topological polar surface area (TPSA) is 0 Å². The van der Waals surface area contributed by atoms with Gasteiger partial charge in [0.1, 0.15) is 0 Å². The minimum Gasteiger partial charge on any atom is -0.162 e. The minimum atomic E-state index is -1.61. The van der Waals surface area contributed by atoms with Crippen molar-refractivity contribution in [3.05, 3.63) is 24.3 Å². The van der Waals surface area contributed by atoms with Crippen LogP contribution in [0.5, 0.6) is 0 Å². The number of halogens is 1. The zero-order valence-corrected chi connectivity index (χ0v) is 10.2. The van der Waals surface area contributed by atoms with Crippen molar-refractivity contribution < 1.29 is 0 Å². The van der Waals surface area contributed by atoms with E-state index in [0.29, 0.717) is 0 Å². The third kappa shape index (κ3) is 2.54. The number of hydrogen-bond acceptors (Lipinski definition) is 1. The van der Waals surface area contributed by atoms with Crippen molar-refractivity contribution in [2.45, 2.75) is 18.0 Å². The Labute approximate surface area is 84.0 Å². The Kier molecular flexibility index (Phi) is 3.27. The predicted molar refractivity (Wildman–Crippen MR) is 61.2 cm³/mol. The molecule has 0 amide bonds. The van der Waals surface area contributed by atoms with Crippen molar-refractivity contribution in [2.24, 2.45) is 0 Å². The molecule has 0 saturated carbocycles. The molecule has 1 rings (SSSR count). The van der Waals surface area contributed by atoms with E-state index in [1.54, 1.807) is 11.8 Å². The fourth-order valence-corrected chi connectivity index (χ4v) is 2.73. The number of hydrogen-bond donors (Lipinski definition) is 0. The van der Waals surface area contributed by atoms with Crippen LogP contribution >= 0.6 is 22.8 Å². The van der Waals surface area contributed by atoms with Gasteiger partial charge in [0.05, 0.1) is 0 Å². The normalized spacial score (nSPS) is 11.7. The second-order valence-corrected chi connectivity index (χ2v) is 10.4. The van der Waals surface area contributed by atoms with Gasteiger partial charge in [-0.15, -0.1) is 11.8 Å². The molecule has 0 radical (unpaired) electrons. The molecule has 3 heteroatoms. The molecule has 0 nitrogen and oxygen atoms in total. The van der Waals surface area contributed by atoms with E-state index < -0.39 is 7.38 Å². The van der Waals surface area contributed by atoms with Crippen molar-refractivity contribution in [3.63, 3.8) is 0 Å². The van der Waals surface area contributed by atoms with Crippen LogP contribution in [0.1, 0.15) is 0 Å². The van der Waals surface area contributed by atoms with E-state index in [1.807, 2.05) is 0 Å². The molecule has 1 aromatic rings. The Morgan fingerprint density at radius 3 is 2.00 bits per heavy atom. The monoisotopic (exact) mass is 216 g/mol. The molecule has 66 valence electrons. The quantitative estimate of drug-likeness (QED) is 0.416. The third-order valence-corrected chi connectivity index (χ3v) is 4.88. The lowest BCUT2D eigenvalue weighted by Crippen LogP contribution is -2.34. The van der Waals surface area contributed by atoms with Crippen molar-refractivity contribution in [2.75, 3.05) is 6.26 Å². The highest BCUT2D eigenvalue weighted by molar-refractivity contribution is 7.98. The summed E-state index contributed by atoms with van der Waals surface area (Å²) in [5.74, 6) is 0. The molecule has 0 spiro atoms. The first-order valence-corrected chi connectivity index (χ1v) is 9.11. The summed E-state index contributed by atoms with van der Waals surface area (Å²) >= 11 is 8.05. The Hall–Kier alpha value is 0.0769. The predicted octanol–water partition coefficient (Wildman–Crippen LogP) is 3.06. The molecule has 0 saturated heterocycles. The molecular formula is C9H13ClSSi. The molecule has 0 heterocycles. The highest BCUT2D eigenvalue weighted by Crippen LogP contribution is 2.14. The van der Waals surface area contributed by atoms with E-state index in [1.165, 1.54) is 10.1 Å². The van der Waals surface area contributed by atoms with Crippen molar-refractivity contribution in [1.29, 1.82) is 0 Å². The maximum atomic E-state index is 6.29. The molecular weight excluding hydrogens is 204 g/mol. The van der Waals surface area contributed by atoms with Gasteiger partial charge in [-0.25, -0.2) is 0 Å². The lowest BCUT2D eigenvalue weighted by Gasteiger charge is -2.13. The molecule has 0 unspecified atom stereocenters. The van der Waals surface area contributed by atoms with Crippen LogP contribution < -0.4 is 5.19 Å². The molecule has 0 aliphatic heterocycles. The lowest BCUT2D eigenvalue weighted by molar-refractivity contribution is 1.48. The summed E-state index contributed by atoms with van der Waals surface area (Å²) in [5, 5.41) is 1.31. The van der Waals surface area contributed by atoms with Crippen LogP contribution in [0.3, 0.4) is 0 Å². The van der Waals surface area contributed by atoms with Crippen molar-refractivity contribution in [3.8, 4) is 0 Å². The number of thioether (sulfide) groups is 1. The van der Waals surface area contributed by atoms with Gasteiger partial charge in [0, 0.05) is 4.90 Å². The van der Waals surface area contributed by atoms with Crippen LogP contribution in [0.4, 0.5) is 0 Å². The number of rotatable bonds is 2. The van der Waals surface area contributed by atoms with E-state index in [2.05, 4.69) is 43.6 Å². The van der Waals surface area contributed by atoms with E-state index in [4.69, 9.17) is 11.1 Å². The Balaban J connectivity index is 2.93. The summed E-state index contributed by atoms with van der Waals surface area (Å²) in [6, 6.07) is 8.56. The summed E-state index contributed by atoms with van der Waals surface area (Å²) in [7, 11) is -1.61. The van der Waals surface area contributed by atoms with Gasteiger partial charge in [-0.1, -0.05) is 25.2 Å². The minimum absolute atomic E-state index is 1.30. The lowest BCUT2D eigenvalue weighted by atomic mass is 10.4. The van der Waals surface area contributed by atoms with Crippen molar-refractivity contribution >= 4 is 35.4 Å². The third-order valence-electron chi connectivity index (χ3n) is 1.78. The average molecular weight is 217 g/mol. The Morgan fingerprint density at radius 1 is 1.17 bits per heavy atom. The van der Waals surface area contributed by atoms with Crippen LogP contribution in [0, 0.1) is 0 Å². The Bertz CT molecular complexity index is 250. The van der Waals surface area contributed by atoms with Crippen LogP contribution in [0.25, 0.3) is 0 Å².